The highest BCUT2D eigenvalue weighted by molar-refractivity contribution is 6.54. The lowest BCUT2D eigenvalue weighted by atomic mass is 10.1. The van der Waals surface area contributed by atoms with Crippen molar-refractivity contribution in [2.75, 3.05) is 4.90 Å². The number of Topliss-reactive ketones (excluding diaryl/α,β-unsaturated/α-hetero) is 1. The van der Waals surface area contributed by atoms with Crippen molar-refractivity contribution in [2.24, 2.45) is 0 Å². The lowest BCUT2D eigenvalue weighted by Crippen LogP contribution is -2.25. The molecule has 3 nitrogen and oxygen atoms in total. The Labute approximate surface area is 115 Å². The molecule has 0 saturated carbocycles. The van der Waals surface area contributed by atoms with Crippen LogP contribution in [-0.4, -0.2) is 11.7 Å². The van der Waals surface area contributed by atoms with Crippen LogP contribution in [0.15, 0.2) is 42.5 Å². The van der Waals surface area contributed by atoms with Crippen LogP contribution in [0.5, 0.6) is 0 Å². The first-order valence-corrected chi connectivity index (χ1v) is 6.22. The van der Waals surface area contributed by atoms with Crippen molar-refractivity contribution < 1.29 is 9.59 Å². The predicted octanol–water partition coefficient (Wildman–Crippen LogP) is 3.51. The van der Waals surface area contributed by atoms with E-state index in [0.717, 1.165) is 5.56 Å². The smallest absolute Gasteiger partial charge is 0.283 e. The topological polar surface area (TPSA) is 37.4 Å². The summed E-state index contributed by atoms with van der Waals surface area (Å²) in [5, 5.41) is 0.456. The zero-order valence-electron chi connectivity index (χ0n) is 10.2. The van der Waals surface area contributed by atoms with E-state index in [9.17, 15) is 9.59 Å². The van der Waals surface area contributed by atoms with Gasteiger partial charge in [-0.05, 0) is 30.7 Å². The number of benzene rings is 2. The molecule has 2 aromatic carbocycles. The van der Waals surface area contributed by atoms with Gasteiger partial charge in [-0.25, -0.2) is 0 Å². The van der Waals surface area contributed by atoms with Crippen molar-refractivity contribution in [1.82, 2.24) is 0 Å². The van der Waals surface area contributed by atoms with Gasteiger partial charge in [0.25, 0.3) is 5.78 Å². The molecule has 1 amide bonds. The Bertz CT molecular complexity index is 689. The molecule has 0 atom stereocenters. The summed E-state index contributed by atoms with van der Waals surface area (Å²) < 4.78 is 0. The maximum atomic E-state index is 12.2. The number of carbonyl (C=O) groups excluding carboxylic acids is 2. The Morgan fingerprint density at radius 1 is 1.00 bits per heavy atom. The van der Waals surface area contributed by atoms with Crippen molar-refractivity contribution in [3.05, 3.63) is 58.6 Å². The number of carbonyl (C=O) groups is 2. The van der Waals surface area contributed by atoms with Gasteiger partial charge in [-0.1, -0.05) is 35.9 Å². The molecule has 4 heteroatoms. The van der Waals surface area contributed by atoms with Gasteiger partial charge in [0.2, 0.25) is 0 Å². The van der Waals surface area contributed by atoms with Crippen LogP contribution in [0.1, 0.15) is 15.9 Å². The fraction of sp³-hybridized carbons (Fsp3) is 0.0667. The SMILES string of the molecule is Cc1cccc(Cl)c1N1C(=O)C(=O)c2ccccc21. The second-order valence-electron chi connectivity index (χ2n) is 4.39. The number of aryl methyl sites for hydroxylation is 1. The zero-order valence-corrected chi connectivity index (χ0v) is 10.9. The maximum Gasteiger partial charge on any atom is 0.304 e. The number of rotatable bonds is 1. The van der Waals surface area contributed by atoms with Gasteiger partial charge in [-0.2, -0.15) is 0 Å². The highest BCUT2D eigenvalue weighted by atomic mass is 35.5. The van der Waals surface area contributed by atoms with E-state index in [-0.39, 0.29) is 0 Å². The van der Waals surface area contributed by atoms with Gasteiger partial charge in [0.1, 0.15) is 0 Å². The lowest BCUT2D eigenvalue weighted by Gasteiger charge is -2.20. The van der Waals surface area contributed by atoms with Crippen LogP contribution in [0.3, 0.4) is 0 Å². The van der Waals surface area contributed by atoms with Crippen LogP contribution in [0.4, 0.5) is 11.4 Å². The van der Waals surface area contributed by atoms with E-state index in [1.54, 1.807) is 30.3 Å². The highest BCUT2D eigenvalue weighted by Crippen LogP contribution is 2.40. The molecular weight excluding hydrogens is 262 g/mol. The van der Waals surface area contributed by atoms with Crippen LogP contribution in [-0.2, 0) is 4.79 Å². The summed E-state index contributed by atoms with van der Waals surface area (Å²) in [6, 6.07) is 12.3. The van der Waals surface area contributed by atoms with E-state index in [2.05, 4.69) is 0 Å². The highest BCUT2D eigenvalue weighted by Gasteiger charge is 2.37. The summed E-state index contributed by atoms with van der Waals surface area (Å²) in [6.07, 6.45) is 0. The lowest BCUT2D eigenvalue weighted by molar-refractivity contribution is -0.113. The Morgan fingerprint density at radius 2 is 1.74 bits per heavy atom. The number of para-hydroxylation sites is 2. The average Bonchev–Trinajstić information content (AvgIpc) is 2.64. The largest absolute Gasteiger partial charge is 0.304 e. The predicted molar refractivity (Wildman–Crippen MR) is 74.1 cm³/mol. The van der Waals surface area contributed by atoms with Gasteiger partial charge in [0.05, 0.1) is 22.0 Å². The number of hydrogen-bond acceptors (Lipinski definition) is 2. The summed E-state index contributed by atoms with van der Waals surface area (Å²) in [5.41, 5.74) is 2.44. The van der Waals surface area contributed by atoms with E-state index in [0.29, 0.717) is 22.0 Å². The molecule has 2 aromatic rings. The van der Waals surface area contributed by atoms with Gasteiger partial charge in [-0.15, -0.1) is 0 Å². The molecule has 1 aliphatic rings. The van der Waals surface area contributed by atoms with Crippen LogP contribution in [0, 0.1) is 6.92 Å². The van der Waals surface area contributed by atoms with Gasteiger partial charge < -0.3 is 0 Å². The molecule has 0 bridgehead atoms. The molecule has 0 N–H and O–H groups in total. The zero-order chi connectivity index (χ0) is 13.6. The molecule has 0 aromatic heterocycles. The minimum absolute atomic E-state index is 0.423. The summed E-state index contributed by atoms with van der Waals surface area (Å²) in [6.45, 7) is 1.86. The average molecular weight is 272 g/mol. The Hall–Kier alpha value is -2.13. The first-order valence-electron chi connectivity index (χ1n) is 5.84. The summed E-state index contributed by atoms with van der Waals surface area (Å²) >= 11 is 6.18. The van der Waals surface area contributed by atoms with Crippen molar-refractivity contribution in [3.8, 4) is 0 Å². The first kappa shape index (κ1) is 11.9. The minimum Gasteiger partial charge on any atom is -0.283 e. The standard InChI is InChI=1S/C15H10ClNO2/c1-9-5-4-7-11(16)13(9)17-12-8-3-2-6-10(12)14(18)15(17)19/h2-8H,1H3. The molecule has 0 radical (unpaired) electrons. The fourth-order valence-electron chi connectivity index (χ4n) is 2.32. The van der Waals surface area contributed by atoms with Gasteiger partial charge in [0.15, 0.2) is 0 Å². The monoisotopic (exact) mass is 271 g/mol. The van der Waals surface area contributed by atoms with Crippen molar-refractivity contribution in [3.63, 3.8) is 0 Å². The third-order valence-corrected chi connectivity index (χ3v) is 3.50. The maximum absolute atomic E-state index is 12.2. The molecule has 0 aliphatic carbocycles. The molecule has 0 spiro atoms. The number of anilines is 2. The molecule has 19 heavy (non-hydrogen) atoms. The van der Waals surface area contributed by atoms with E-state index >= 15 is 0 Å². The molecule has 94 valence electrons. The molecular formula is C15H10ClNO2. The molecule has 0 unspecified atom stereocenters. The van der Waals surface area contributed by atoms with Crippen LogP contribution in [0.2, 0.25) is 5.02 Å². The Balaban J connectivity index is 2.27. The summed E-state index contributed by atoms with van der Waals surface area (Å²) in [7, 11) is 0. The molecule has 0 saturated heterocycles. The van der Waals surface area contributed by atoms with Crippen LogP contribution >= 0.6 is 11.6 Å². The van der Waals surface area contributed by atoms with Crippen molar-refractivity contribution >= 4 is 34.7 Å². The van der Waals surface area contributed by atoms with Gasteiger partial charge >= 0.3 is 5.91 Å². The van der Waals surface area contributed by atoms with E-state index in [1.807, 2.05) is 19.1 Å². The number of halogens is 1. The number of nitrogens with zero attached hydrogens (tertiary/aromatic N) is 1. The van der Waals surface area contributed by atoms with E-state index in [4.69, 9.17) is 11.6 Å². The molecule has 3 rings (SSSR count). The number of fused-ring (bicyclic) bond motifs is 1. The minimum atomic E-state index is -0.558. The van der Waals surface area contributed by atoms with E-state index < -0.39 is 11.7 Å². The quantitative estimate of drug-likeness (QED) is 0.745. The molecule has 0 fully saturated rings. The normalized spacial score (nSPS) is 13.9. The van der Waals surface area contributed by atoms with Gasteiger partial charge in [-0.3, -0.25) is 14.5 Å². The van der Waals surface area contributed by atoms with E-state index in [1.165, 1.54) is 4.90 Å². The van der Waals surface area contributed by atoms with Crippen molar-refractivity contribution in [1.29, 1.82) is 0 Å². The Morgan fingerprint density at radius 3 is 2.47 bits per heavy atom. The summed E-state index contributed by atoms with van der Waals surface area (Å²) in [4.78, 5) is 25.6. The van der Waals surface area contributed by atoms with Gasteiger partial charge in [0, 0.05) is 0 Å². The second-order valence-corrected chi connectivity index (χ2v) is 4.80. The van der Waals surface area contributed by atoms with Crippen LogP contribution < -0.4 is 4.90 Å². The number of amides is 1. The third-order valence-electron chi connectivity index (χ3n) is 3.20. The Kier molecular flexibility index (Phi) is 2.64. The van der Waals surface area contributed by atoms with Crippen LogP contribution in [0.25, 0.3) is 0 Å². The molecule has 1 aliphatic heterocycles. The number of hydrogen-bond donors (Lipinski definition) is 0. The third kappa shape index (κ3) is 1.66. The number of ketones is 1. The molecule has 1 heterocycles. The fourth-order valence-corrected chi connectivity index (χ4v) is 2.62. The first-order chi connectivity index (χ1) is 9.11. The van der Waals surface area contributed by atoms with Crippen molar-refractivity contribution in [2.45, 2.75) is 6.92 Å². The second kappa shape index (κ2) is 4.21. The summed E-state index contributed by atoms with van der Waals surface area (Å²) in [5.74, 6) is -1.05.